The van der Waals surface area contributed by atoms with E-state index in [9.17, 15) is 22.7 Å². The van der Waals surface area contributed by atoms with Crippen LogP contribution in [0.4, 0.5) is 4.39 Å². The number of carboxylic acid groups (broad SMARTS) is 1. The number of nitrogens with two attached hydrogens (primary N) is 2. The first kappa shape index (κ1) is 21.2. The zero-order valence-electron chi connectivity index (χ0n) is 13.1. The Morgan fingerprint density at radius 3 is 2.62 bits per heavy atom. The third-order valence-corrected chi connectivity index (χ3v) is 5.56. The summed E-state index contributed by atoms with van der Waals surface area (Å²) in [7, 11) is -5.57. The second kappa shape index (κ2) is 8.51. The van der Waals surface area contributed by atoms with Gasteiger partial charge in [0.05, 0.1) is 0 Å². The molecule has 1 fully saturated rings. The number of hydrogen-bond acceptors (Lipinski definition) is 7. The van der Waals surface area contributed by atoms with Gasteiger partial charge in [-0.25, -0.2) is 9.11 Å². The number of carbonyl (C=O) groups is 1. The van der Waals surface area contributed by atoms with Crippen molar-refractivity contribution in [2.45, 2.75) is 30.7 Å². The summed E-state index contributed by atoms with van der Waals surface area (Å²) >= 11 is 0. The molecule has 1 saturated heterocycles. The van der Waals surface area contributed by atoms with E-state index in [0.717, 1.165) is 4.31 Å². The molecule has 1 rings (SSSR count). The topological polar surface area (TPSA) is 179 Å². The molecule has 10 nitrogen and oxygen atoms in total. The van der Waals surface area contributed by atoms with Crippen LogP contribution in [0.15, 0.2) is 0 Å². The van der Waals surface area contributed by atoms with E-state index in [2.05, 4.69) is 4.72 Å². The molecular formula is C11H24BFN4O6S. The largest absolute Gasteiger partial charge is 0.480 e. The van der Waals surface area contributed by atoms with E-state index in [4.69, 9.17) is 21.5 Å². The summed E-state index contributed by atoms with van der Waals surface area (Å²) < 4.78 is 39.7. The summed E-state index contributed by atoms with van der Waals surface area (Å²) in [5.41, 5.74) is 9.42. The maximum absolute atomic E-state index is 12.3. The zero-order chi connectivity index (χ0) is 18.5. The molecule has 0 aromatic heterocycles. The summed E-state index contributed by atoms with van der Waals surface area (Å²) in [5.74, 6) is -2.03. The molecule has 0 unspecified atom stereocenters. The minimum absolute atomic E-state index is 0.0303. The average Bonchev–Trinajstić information content (AvgIpc) is 2.84. The highest BCUT2D eigenvalue weighted by Crippen LogP contribution is 2.31. The molecule has 0 aromatic rings. The maximum Gasteiger partial charge on any atom is 0.451 e. The fourth-order valence-corrected chi connectivity index (χ4v) is 3.94. The van der Waals surface area contributed by atoms with Gasteiger partial charge in [-0.1, -0.05) is 6.42 Å². The van der Waals surface area contributed by atoms with Crippen molar-refractivity contribution >= 4 is 23.3 Å². The lowest BCUT2D eigenvalue weighted by Gasteiger charge is -2.25. The molecule has 0 radical (unpaired) electrons. The van der Waals surface area contributed by atoms with Crippen molar-refractivity contribution in [3.8, 4) is 0 Å². The summed E-state index contributed by atoms with van der Waals surface area (Å²) in [6, 6.07) is -0.994. The number of carboxylic acids is 1. The van der Waals surface area contributed by atoms with Crippen LogP contribution >= 0.6 is 0 Å². The smallest absolute Gasteiger partial charge is 0.451 e. The van der Waals surface area contributed by atoms with Gasteiger partial charge in [-0.05, 0) is 12.7 Å². The average molecular weight is 370 g/mol. The Labute approximate surface area is 140 Å². The van der Waals surface area contributed by atoms with Crippen LogP contribution in [0.25, 0.3) is 0 Å². The summed E-state index contributed by atoms with van der Waals surface area (Å²) in [5, 5.41) is 27.0. The van der Waals surface area contributed by atoms with E-state index in [-0.39, 0.29) is 32.3 Å². The first-order valence-electron chi connectivity index (χ1n) is 7.47. The fourth-order valence-electron chi connectivity index (χ4n) is 2.57. The van der Waals surface area contributed by atoms with Gasteiger partial charge in [0, 0.05) is 31.6 Å². The molecule has 13 heteroatoms. The Morgan fingerprint density at radius 2 is 2.12 bits per heavy atom. The van der Waals surface area contributed by atoms with Crippen molar-refractivity contribution < 1.29 is 32.8 Å². The van der Waals surface area contributed by atoms with E-state index in [0.29, 0.717) is 0 Å². The number of nitrogens with zero attached hydrogens (tertiary/aromatic N) is 1. The maximum atomic E-state index is 12.3. The lowest BCUT2D eigenvalue weighted by molar-refractivity contribution is -0.144. The molecule has 0 saturated carbocycles. The molecule has 3 atom stereocenters. The molecule has 1 aliphatic rings. The van der Waals surface area contributed by atoms with E-state index in [1.165, 1.54) is 0 Å². The van der Waals surface area contributed by atoms with Crippen LogP contribution in [0.2, 0.25) is 6.32 Å². The minimum atomic E-state index is -4.05. The van der Waals surface area contributed by atoms with E-state index in [1.807, 2.05) is 0 Å². The molecule has 0 amide bonds. The Balaban J connectivity index is 2.80. The highest BCUT2D eigenvalue weighted by molar-refractivity contribution is 7.87. The SMILES string of the molecule is N[C@@H](CF)CNS(=O)(=O)N1C[C@H](CCCB(O)O)[C@](N)(C(=O)O)C1. The lowest BCUT2D eigenvalue weighted by Crippen LogP contribution is -2.55. The summed E-state index contributed by atoms with van der Waals surface area (Å²) in [6.07, 6.45) is 0.529. The van der Waals surface area contributed by atoms with Gasteiger partial charge in [0.15, 0.2) is 0 Å². The van der Waals surface area contributed by atoms with Gasteiger partial charge in [0.2, 0.25) is 0 Å². The van der Waals surface area contributed by atoms with Gasteiger partial charge in [-0.15, -0.1) is 0 Å². The number of alkyl halides is 1. The van der Waals surface area contributed by atoms with Crippen LogP contribution in [-0.4, -0.2) is 78.9 Å². The molecule has 0 spiro atoms. The van der Waals surface area contributed by atoms with Crippen molar-refractivity contribution in [3.63, 3.8) is 0 Å². The van der Waals surface area contributed by atoms with E-state index < -0.39 is 54.0 Å². The standard InChI is InChI=1S/C11H24BFN4O6S/c13-4-9(14)5-16-24(22,23)17-6-8(2-1-3-12(20)21)11(15,7-17)10(18)19/h8-9,16,20-21H,1-7,14-15H2,(H,18,19)/t8-,9-,11-/m0/s1. The number of rotatable bonds is 10. The normalized spacial score (nSPS) is 26.5. The molecule has 0 aromatic carbocycles. The van der Waals surface area contributed by atoms with Gasteiger partial charge in [0.1, 0.15) is 12.2 Å². The van der Waals surface area contributed by atoms with Crippen LogP contribution < -0.4 is 16.2 Å². The number of aliphatic carboxylic acids is 1. The van der Waals surface area contributed by atoms with Gasteiger partial charge >= 0.3 is 13.1 Å². The molecule has 1 aliphatic heterocycles. The molecule has 0 bridgehead atoms. The Morgan fingerprint density at radius 1 is 1.50 bits per heavy atom. The summed E-state index contributed by atoms with van der Waals surface area (Å²) in [4.78, 5) is 11.5. The van der Waals surface area contributed by atoms with Gasteiger partial charge in [-0.3, -0.25) is 4.79 Å². The Bertz CT molecular complexity index is 539. The highest BCUT2D eigenvalue weighted by Gasteiger charge is 2.52. The molecule has 140 valence electrons. The van der Waals surface area contributed by atoms with Gasteiger partial charge in [-0.2, -0.15) is 12.7 Å². The number of hydrogen-bond donors (Lipinski definition) is 6. The second-order valence-corrected chi connectivity index (χ2v) is 7.77. The molecule has 8 N–H and O–H groups in total. The van der Waals surface area contributed by atoms with E-state index in [1.54, 1.807) is 0 Å². The predicted octanol–water partition coefficient (Wildman–Crippen LogP) is -2.92. The third kappa shape index (κ3) is 5.34. The number of nitrogens with one attached hydrogen (secondary N) is 1. The zero-order valence-corrected chi connectivity index (χ0v) is 14.0. The molecular weight excluding hydrogens is 346 g/mol. The molecule has 0 aliphatic carbocycles. The van der Waals surface area contributed by atoms with Crippen molar-refractivity contribution in [1.82, 2.24) is 9.03 Å². The van der Waals surface area contributed by atoms with Gasteiger partial charge < -0.3 is 26.6 Å². The molecule has 1 heterocycles. The van der Waals surface area contributed by atoms with Crippen molar-refractivity contribution in [2.75, 3.05) is 26.3 Å². The third-order valence-electron chi connectivity index (χ3n) is 4.07. The minimum Gasteiger partial charge on any atom is -0.480 e. The van der Waals surface area contributed by atoms with Crippen LogP contribution in [0.3, 0.4) is 0 Å². The van der Waals surface area contributed by atoms with Crippen molar-refractivity contribution in [1.29, 1.82) is 0 Å². The van der Waals surface area contributed by atoms with Crippen LogP contribution in [-0.2, 0) is 15.0 Å². The van der Waals surface area contributed by atoms with E-state index >= 15 is 0 Å². The fraction of sp³-hybridized carbons (Fsp3) is 0.909. The second-order valence-electron chi connectivity index (χ2n) is 6.01. The first-order chi connectivity index (χ1) is 11.0. The van der Waals surface area contributed by atoms with Gasteiger partial charge in [0.25, 0.3) is 10.2 Å². The van der Waals surface area contributed by atoms with Crippen LogP contribution in [0.1, 0.15) is 12.8 Å². The van der Waals surface area contributed by atoms with Crippen molar-refractivity contribution in [2.24, 2.45) is 17.4 Å². The lowest BCUT2D eigenvalue weighted by atomic mass is 9.78. The van der Waals surface area contributed by atoms with Crippen LogP contribution in [0.5, 0.6) is 0 Å². The summed E-state index contributed by atoms with van der Waals surface area (Å²) in [6.45, 7) is -1.79. The predicted molar refractivity (Wildman–Crippen MR) is 84.7 cm³/mol. The van der Waals surface area contributed by atoms with Crippen LogP contribution in [0, 0.1) is 5.92 Å². The molecule has 24 heavy (non-hydrogen) atoms. The Hall–Kier alpha value is -0.825. The highest BCUT2D eigenvalue weighted by atomic mass is 32.2. The first-order valence-corrected chi connectivity index (χ1v) is 8.91. The Kier molecular flexibility index (Phi) is 7.53. The monoisotopic (exact) mass is 370 g/mol. The number of halogens is 1. The van der Waals surface area contributed by atoms with Crippen molar-refractivity contribution in [3.05, 3.63) is 0 Å². The quantitative estimate of drug-likeness (QED) is 0.221.